The fourth-order valence-electron chi connectivity index (χ4n) is 1.25. The third kappa shape index (κ3) is 3.35. The Morgan fingerprint density at radius 2 is 2.44 bits per heavy atom. The van der Waals surface area contributed by atoms with Crippen molar-refractivity contribution in [1.82, 2.24) is 15.5 Å². The fourth-order valence-corrected chi connectivity index (χ4v) is 1.25. The average molecular weight is 222 g/mol. The molecule has 0 spiro atoms. The third-order valence-electron chi connectivity index (χ3n) is 2.04. The minimum atomic E-state index is -0.599. The number of hydrogen-bond donors (Lipinski definition) is 1. The van der Waals surface area contributed by atoms with Gasteiger partial charge in [-0.15, -0.1) is 0 Å². The molecule has 86 valence electrons. The van der Waals surface area contributed by atoms with E-state index in [9.17, 15) is 4.79 Å². The predicted molar refractivity (Wildman–Crippen MR) is 54.9 cm³/mol. The molecule has 1 aromatic rings. The van der Waals surface area contributed by atoms with Crippen molar-refractivity contribution >= 4 is 5.91 Å². The van der Waals surface area contributed by atoms with Gasteiger partial charge in [-0.2, -0.15) is 10.2 Å². The highest BCUT2D eigenvalue weighted by molar-refractivity contribution is 5.80. The van der Waals surface area contributed by atoms with Crippen LogP contribution in [0.2, 0.25) is 0 Å². The Morgan fingerprint density at radius 3 is 2.94 bits per heavy atom. The van der Waals surface area contributed by atoms with Crippen LogP contribution in [0, 0.1) is 24.2 Å². The molecular formula is C10H14N4O2. The largest absolute Gasteiger partial charge is 0.348 e. The molecule has 1 amide bonds. The maximum atomic E-state index is 11.5. The second kappa shape index (κ2) is 5.85. The highest BCUT2D eigenvalue weighted by Crippen LogP contribution is 2.05. The number of amides is 1. The average Bonchev–Trinajstić information content (AvgIpc) is 2.68. The van der Waals surface area contributed by atoms with E-state index in [4.69, 9.17) is 9.78 Å². The van der Waals surface area contributed by atoms with Crippen LogP contribution in [0.25, 0.3) is 0 Å². The summed E-state index contributed by atoms with van der Waals surface area (Å²) < 4.78 is 4.75. The van der Waals surface area contributed by atoms with Crippen molar-refractivity contribution in [3.63, 3.8) is 0 Å². The monoisotopic (exact) mass is 222 g/mol. The molecule has 1 heterocycles. The number of carbonyl (C=O) groups is 1. The zero-order valence-electron chi connectivity index (χ0n) is 9.36. The maximum Gasteiger partial charge on any atom is 0.237 e. The molecule has 6 nitrogen and oxygen atoms in total. The van der Waals surface area contributed by atoms with Crippen LogP contribution in [-0.4, -0.2) is 16.0 Å². The third-order valence-corrected chi connectivity index (χ3v) is 2.04. The van der Waals surface area contributed by atoms with Crippen molar-refractivity contribution in [1.29, 1.82) is 5.26 Å². The molecule has 0 aliphatic heterocycles. The van der Waals surface area contributed by atoms with E-state index in [1.807, 2.05) is 13.0 Å². The Hall–Kier alpha value is -1.90. The summed E-state index contributed by atoms with van der Waals surface area (Å²) in [5.41, 5.74) is 0. The minimum absolute atomic E-state index is 0.193. The van der Waals surface area contributed by atoms with Gasteiger partial charge in [0.15, 0.2) is 5.82 Å². The maximum absolute atomic E-state index is 11.5. The molecule has 16 heavy (non-hydrogen) atoms. The lowest BCUT2D eigenvalue weighted by Gasteiger charge is -2.06. The Kier molecular flexibility index (Phi) is 4.45. The SMILES string of the molecule is CCCC(C#N)C(=O)NCc1noc(C)n1. The van der Waals surface area contributed by atoms with Gasteiger partial charge in [0.25, 0.3) is 0 Å². The van der Waals surface area contributed by atoms with E-state index >= 15 is 0 Å². The summed E-state index contributed by atoms with van der Waals surface area (Å²) in [6, 6.07) is 1.97. The lowest BCUT2D eigenvalue weighted by molar-refractivity contribution is -0.123. The lowest BCUT2D eigenvalue weighted by Crippen LogP contribution is -2.29. The van der Waals surface area contributed by atoms with Gasteiger partial charge >= 0.3 is 0 Å². The van der Waals surface area contributed by atoms with Gasteiger partial charge in [-0.3, -0.25) is 4.79 Å². The van der Waals surface area contributed by atoms with Gasteiger partial charge in [-0.05, 0) is 6.42 Å². The van der Waals surface area contributed by atoms with Crippen LogP contribution in [0.1, 0.15) is 31.5 Å². The van der Waals surface area contributed by atoms with Crippen molar-refractivity contribution in [3.8, 4) is 6.07 Å². The number of nitrogens with one attached hydrogen (secondary N) is 1. The van der Waals surface area contributed by atoms with Crippen molar-refractivity contribution in [3.05, 3.63) is 11.7 Å². The van der Waals surface area contributed by atoms with E-state index in [1.165, 1.54) is 0 Å². The second-order valence-corrected chi connectivity index (χ2v) is 3.42. The summed E-state index contributed by atoms with van der Waals surface area (Å²) in [7, 11) is 0. The number of carbonyl (C=O) groups excluding carboxylic acids is 1. The second-order valence-electron chi connectivity index (χ2n) is 3.42. The van der Waals surface area contributed by atoms with E-state index in [0.29, 0.717) is 18.1 Å². The van der Waals surface area contributed by atoms with Crippen molar-refractivity contribution in [2.24, 2.45) is 5.92 Å². The number of hydrogen-bond acceptors (Lipinski definition) is 5. The summed E-state index contributed by atoms with van der Waals surface area (Å²) in [4.78, 5) is 15.5. The molecule has 0 aliphatic rings. The van der Waals surface area contributed by atoms with E-state index in [2.05, 4.69) is 15.5 Å². The highest BCUT2D eigenvalue weighted by Gasteiger charge is 2.16. The van der Waals surface area contributed by atoms with Crippen LogP contribution < -0.4 is 5.32 Å². The standard InChI is InChI=1S/C10H14N4O2/c1-3-4-8(5-11)10(15)12-6-9-13-7(2)16-14-9/h8H,3-4,6H2,1-2H3,(H,12,15). The molecular weight excluding hydrogens is 208 g/mol. The Labute approximate surface area is 93.6 Å². The first-order valence-electron chi connectivity index (χ1n) is 5.14. The first kappa shape index (κ1) is 12.2. The van der Waals surface area contributed by atoms with Gasteiger partial charge in [0.05, 0.1) is 12.6 Å². The van der Waals surface area contributed by atoms with E-state index in [1.54, 1.807) is 6.92 Å². The van der Waals surface area contributed by atoms with Gasteiger partial charge in [-0.25, -0.2) is 0 Å². The van der Waals surface area contributed by atoms with Crippen molar-refractivity contribution in [2.45, 2.75) is 33.2 Å². The molecule has 0 saturated carbocycles. The Bertz CT molecular complexity index is 394. The molecule has 0 fully saturated rings. The van der Waals surface area contributed by atoms with E-state index in [0.717, 1.165) is 6.42 Å². The minimum Gasteiger partial charge on any atom is -0.348 e. The molecule has 1 rings (SSSR count). The molecule has 6 heteroatoms. The molecule has 1 unspecified atom stereocenters. The van der Waals surface area contributed by atoms with Gasteiger partial charge in [0.2, 0.25) is 11.8 Å². The van der Waals surface area contributed by atoms with Gasteiger partial charge in [0.1, 0.15) is 5.92 Å². The summed E-state index contributed by atoms with van der Waals surface area (Å²) in [6.07, 6.45) is 1.36. The smallest absolute Gasteiger partial charge is 0.237 e. The van der Waals surface area contributed by atoms with Crippen LogP contribution in [0.3, 0.4) is 0 Å². The number of nitriles is 1. The topological polar surface area (TPSA) is 91.8 Å². The Morgan fingerprint density at radius 1 is 1.69 bits per heavy atom. The van der Waals surface area contributed by atoms with Crippen molar-refractivity contribution < 1.29 is 9.32 Å². The fraction of sp³-hybridized carbons (Fsp3) is 0.600. The Balaban J connectivity index is 2.43. The summed E-state index contributed by atoms with van der Waals surface area (Å²) in [6.45, 7) is 3.80. The van der Waals surface area contributed by atoms with Crippen molar-refractivity contribution in [2.75, 3.05) is 0 Å². The first-order valence-corrected chi connectivity index (χ1v) is 5.14. The van der Waals surface area contributed by atoms with Crippen LogP contribution >= 0.6 is 0 Å². The molecule has 0 aromatic carbocycles. The lowest BCUT2D eigenvalue weighted by atomic mass is 10.1. The number of nitrogens with zero attached hydrogens (tertiary/aromatic N) is 3. The number of rotatable bonds is 5. The molecule has 0 bridgehead atoms. The predicted octanol–water partition coefficient (Wildman–Crippen LogP) is 0.934. The molecule has 1 aromatic heterocycles. The first-order chi connectivity index (χ1) is 7.67. The van der Waals surface area contributed by atoms with Crippen LogP contribution in [0.4, 0.5) is 0 Å². The van der Waals surface area contributed by atoms with Crippen LogP contribution in [-0.2, 0) is 11.3 Å². The zero-order valence-corrected chi connectivity index (χ0v) is 9.36. The van der Waals surface area contributed by atoms with Gasteiger partial charge < -0.3 is 9.84 Å². The molecule has 0 aliphatic carbocycles. The quantitative estimate of drug-likeness (QED) is 0.800. The molecule has 0 saturated heterocycles. The van der Waals surface area contributed by atoms with Gasteiger partial charge in [-0.1, -0.05) is 18.5 Å². The van der Waals surface area contributed by atoms with E-state index < -0.39 is 5.92 Å². The summed E-state index contributed by atoms with van der Waals surface area (Å²) in [5, 5.41) is 15.0. The molecule has 1 N–H and O–H groups in total. The van der Waals surface area contributed by atoms with Crippen LogP contribution in [0.5, 0.6) is 0 Å². The normalized spacial score (nSPS) is 11.8. The highest BCUT2D eigenvalue weighted by atomic mass is 16.5. The molecule has 1 atom stereocenters. The number of aryl methyl sites for hydroxylation is 1. The summed E-state index contributed by atoms with van der Waals surface area (Å²) in [5.74, 6) is -0.0153. The van der Waals surface area contributed by atoms with Gasteiger partial charge in [0, 0.05) is 6.92 Å². The molecule has 0 radical (unpaired) electrons. The number of aromatic nitrogens is 2. The van der Waals surface area contributed by atoms with E-state index in [-0.39, 0.29) is 12.5 Å². The zero-order chi connectivity index (χ0) is 12.0. The van der Waals surface area contributed by atoms with Crippen LogP contribution in [0.15, 0.2) is 4.52 Å². The summed E-state index contributed by atoms with van der Waals surface area (Å²) >= 11 is 0.